The molecular weight excluding hydrogens is 438 g/mol. The minimum atomic E-state index is -1.01. The van der Waals surface area contributed by atoms with E-state index < -0.39 is 5.97 Å². The number of carboxylic acids is 1. The highest BCUT2D eigenvalue weighted by Crippen LogP contribution is 2.39. The number of carboxylic acid groups (broad SMARTS) is 1. The van der Waals surface area contributed by atoms with E-state index in [0.29, 0.717) is 30.2 Å². The van der Waals surface area contributed by atoms with E-state index in [1.807, 2.05) is 72.2 Å². The molecule has 0 radical (unpaired) electrons. The summed E-state index contributed by atoms with van der Waals surface area (Å²) in [5.41, 5.74) is 4.81. The molecule has 0 unspecified atom stereocenters. The van der Waals surface area contributed by atoms with Crippen LogP contribution in [0.4, 0.5) is 0 Å². The van der Waals surface area contributed by atoms with Gasteiger partial charge in [0.05, 0.1) is 32.0 Å². The molecule has 2 heterocycles. The number of hydrogen-bond acceptors (Lipinski definition) is 6. The van der Waals surface area contributed by atoms with Crippen LogP contribution in [0.5, 0.6) is 11.5 Å². The lowest BCUT2D eigenvalue weighted by Crippen LogP contribution is -2.11. The number of ether oxygens (including phenoxy) is 2. The zero-order valence-corrected chi connectivity index (χ0v) is 18.9. The summed E-state index contributed by atoms with van der Waals surface area (Å²) in [6.45, 7) is 2.78. The number of benzene rings is 3. The quantitative estimate of drug-likeness (QED) is 0.347. The summed E-state index contributed by atoms with van der Waals surface area (Å²) in [6, 6.07) is 19.0. The monoisotopic (exact) mass is 459 g/mol. The van der Waals surface area contributed by atoms with E-state index in [9.17, 15) is 9.90 Å². The molecule has 0 bridgehead atoms. The van der Waals surface area contributed by atoms with Crippen LogP contribution in [0, 0.1) is 0 Å². The lowest BCUT2D eigenvalue weighted by atomic mass is 10.0. The first-order valence-electron chi connectivity index (χ1n) is 10.5. The molecule has 166 valence electrons. The van der Waals surface area contributed by atoms with E-state index in [0.717, 1.165) is 44.8 Å². The Hall–Kier alpha value is -3.91. The van der Waals surface area contributed by atoms with Gasteiger partial charge in [0.25, 0.3) is 0 Å². The molecule has 0 fully saturated rings. The van der Waals surface area contributed by atoms with Gasteiger partial charge in [0.1, 0.15) is 28.2 Å². The van der Waals surface area contributed by atoms with Gasteiger partial charge in [-0.1, -0.05) is 24.3 Å². The third kappa shape index (κ3) is 3.68. The van der Waals surface area contributed by atoms with Gasteiger partial charge in [-0.2, -0.15) is 8.75 Å². The first kappa shape index (κ1) is 21.0. The van der Waals surface area contributed by atoms with Gasteiger partial charge in [-0.15, -0.1) is 0 Å². The third-order valence-corrected chi connectivity index (χ3v) is 6.17. The highest BCUT2D eigenvalue weighted by molar-refractivity contribution is 7.00. The Bertz CT molecular complexity index is 1490. The smallest absolute Gasteiger partial charge is 0.353 e. The molecule has 33 heavy (non-hydrogen) atoms. The van der Waals surface area contributed by atoms with Gasteiger partial charge in [-0.25, -0.2) is 4.79 Å². The number of rotatable bonds is 7. The minimum Gasteiger partial charge on any atom is -0.496 e. The van der Waals surface area contributed by atoms with E-state index >= 15 is 0 Å². The summed E-state index contributed by atoms with van der Waals surface area (Å²) >= 11 is 1.14. The highest BCUT2D eigenvalue weighted by atomic mass is 32.1. The van der Waals surface area contributed by atoms with Crippen molar-refractivity contribution in [2.45, 2.75) is 13.5 Å². The van der Waals surface area contributed by atoms with Gasteiger partial charge in [0.2, 0.25) is 0 Å². The van der Waals surface area contributed by atoms with Crippen molar-refractivity contribution in [1.29, 1.82) is 0 Å². The van der Waals surface area contributed by atoms with Crippen LogP contribution in [0.1, 0.15) is 23.0 Å². The fraction of sp³-hybridized carbons (Fsp3) is 0.160. The summed E-state index contributed by atoms with van der Waals surface area (Å²) in [5, 5.41) is 11.2. The van der Waals surface area contributed by atoms with Crippen LogP contribution < -0.4 is 9.47 Å². The van der Waals surface area contributed by atoms with Gasteiger partial charge in [0, 0.05) is 22.0 Å². The molecule has 0 aliphatic carbocycles. The molecule has 0 aliphatic heterocycles. The van der Waals surface area contributed by atoms with Crippen LogP contribution in [0.3, 0.4) is 0 Å². The van der Waals surface area contributed by atoms with E-state index in [4.69, 9.17) is 9.47 Å². The van der Waals surface area contributed by atoms with Gasteiger partial charge in [-0.3, -0.25) is 0 Å². The van der Waals surface area contributed by atoms with Crippen LogP contribution >= 0.6 is 11.7 Å². The molecule has 1 N–H and O–H groups in total. The molecular formula is C25H21N3O4S. The Balaban J connectivity index is 1.81. The second-order valence-corrected chi connectivity index (χ2v) is 8.03. The van der Waals surface area contributed by atoms with Crippen LogP contribution in [-0.4, -0.2) is 38.1 Å². The molecule has 0 saturated heterocycles. The number of para-hydroxylation sites is 1. The van der Waals surface area contributed by atoms with Gasteiger partial charge >= 0.3 is 5.97 Å². The van der Waals surface area contributed by atoms with E-state index in [1.54, 1.807) is 7.11 Å². The molecule has 0 atom stereocenters. The molecule has 0 saturated carbocycles. The molecule has 2 aromatic heterocycles. The Morgan fingerprint density at radius 3 is 2.67 bits per heavy atom. The third-order valence-electron chi connectivity index (χ3n) is 5.61. The first-order chi connectivity index (χ1) is 16.1. The zero-order chi connectivity index (χ0) is 22.9. The average Bonchev–Trinajstić information content (AvgIpc) is 3.41. The lowest BCUT2D eigenvalue weighted by molar-refractivity contribution is 0.0687. The Kier molecular flexibility index (Phi) is 5.43. The van der Waals surface area contributed by atoms with Gasteiger partial charge < -0.3 is 19.1 Å². The molecule has 5 rings (SSSR count). The molecule has 3 aromatic carbocycles. The molecule has 0 aliphatic rings. The fourth-order valence-electron chi connectivity index (χ4n) is 4.21. The predicted octanol–water partition coefficient (Wildman–Crippen LogP) is 5.47. The van der Waals surface area contributed by atoms with Gasteiger partial charge in [-0.05, 0) is 48.9 Å². The second kappa shape index (κ2) is 8.55. The number of aromatic carboxylic acids is 1. The van der Waals surface area contributed by atoms with E-state index in [-0.39, 0.29) is 5.69 Å². The van der Waals surface area contributed by atoms with Crippen molar-refractivity contribution in [1.82, 2.24) is 13.3 Å². The van der Waals surface area contributed by atoms with Crippen LogP contribution in [0.2, 0.25) is 0 Å². The number of carbonyl (C=O) groups is 1. The molecule has 0 amide bonds. The number of fused-ring (bicyclic) bond motifs is 2. The number of methoxy groups -OCH3 is 1. The number of nitrogens with zero attached hydrogens (tertiary/aromatic N) is 3. The summed E-state index contributed by atoms with van der Waals surface area (Å²) in [4.78, 5) is 12.6. The van der Waals surface area contributed by atoms with Crippen LogP contribution in [0.15, 0.2) is 60.7 Å². The lowest BCUT2D eigenvalue weighted by Gasteiger charge is -2.13. The maximum absolute atomic E-state index is 12.6. The SMILES string of the molecule is CCOc1ccc2c(c1)c(-c1ccc3nsnc3c1)c(C(=O)O)n2Cc1ccccc1OC. The van der Waals surface area contributed by atoms with E-state index in [2.05, 4.69) is 8.75 Å². The predicted molar refractivity (Wildman–Crippen MR) is 129 cm³/mol. The average molecular weight is 460 g/mol. The number of hydrogen-bond donors (Lipinski definition) is 1. The van der Waals surface area contributed by atoms with Crippen molar-refractivity contribution < 1.29 is 19.4 Å². The van der Waals surface area contributed by atoms with Crippen LogP contribution in [0.25, 0.3) is 33.1 Å². The molecule has 8 heteroatoms. The molecule has 0 spiro atoms. The molecule has 7 nitrogen and oxygen atoms in total. The maximum atomic E-state index is 12.6. The van der Waals surface area contributed by atoms with Crippen molar-refractivity contribution in [3.63, 3.8) is 0 Å². The second-order valence-electron chi connectivity index (χ2n) is 7.51. The summed E-state index contributed by atoms with van der Waals surface area (Å²) in [5.74, 6) is 0.387. The van der Waals surface area contributed by atoms with Crippen molar-refractivity contribution >= 4 is 39.6 Å². The standard InChI is InChI=1S/C25H21N3O4S/c1-3-32-17-9-11-21-18(13-17)23(15-8-10-19-20(12-15)27-33-26-19)24(25(29)30)28(21)14-16-6-4-5-7-22(16)31-2/h4-13H,3,14H2,1-2H3,(H,29,30). The first-order valence-corrected chi connectivity index (χ1v) is 11.2. The molecule has 5 aromatic rings. The maximum Gasteiger partial charge on any atom is 0.353 e. The Morgan fingerprint density at radius 1 is 1.06 bits per heavy atom. The normalized spacial score (nSPS) is 11.2. The Labute approximate surface area is 194 Å². The topological polar surface area (TPSA) is 86.5 Å². The zero-order valence-electron chi connectivity index (χ0n) is 18.1. The van der Waals surface area contributed by atoms with Crippen molar-refractivity contribution in [2.75, 3.05) is 13.7 Å². The minimum absolute atomic E-state index is 0.201. The summed E-state index contributed by atoms with van der Waals surface area (Å²) in [7, 11) is 1.61. The Morgan fingerprint density at radius 2 is 1.88 bits per heavy atom. The fourth-order valence-corrected chi connectivity index (χ4v) is 4.73. The van der Waals surface area contributed by atoms with Gasteiger partial charge in [0.15, 0.2) is 0 Å². The number of aromatic nitrogens is 3. The van der Waals surface area contributed by atoms with Crippen molar-refractivity contribution in [2.24, 2.45) is 0 Å². The summed E-state index contributed by atoms with van der Waals surface area (Å²) < 4.78 is 21.7. The largest absolute Gasteiger partial charge is 0.496 e. The van der Waals surface area contributed by atoms with Crippen molar-refractivity contribution in [3.8, 4) is 22.6 Å². The highest BCUT2D eigenvalue weighted by Gasteiger charge is 2.25. The van der Waals surface area contributed by atoms with Crippen molar-refractivity contribution in [3.05, 3.63) is 71.9 Å². The van der Waals surface area contributed by atoms with Crippen LogP contribution in [-0.2, 0) is 6.54 Å². The summed E-state index contributed by atoms with van der Waals surface area (Å²) in [6.07, 6.45) is 0. The van der Waals surface area contributed by atoms with E-state index in [1.165, 1.54) is 0 Å².